The second-order valence-corrected chi connectivity index (χ2v) is 1.61. The Morgan fingerprint density at radius 2 is 2.67 bits per heavy atom. The highest BCUT2D eigenvalue weighted by Crippen LogP contribution is 1.97. The van der Waals surface area contributed by atoms with Gasteiger partial charge in [-0.25, -0.2) is 4.98 Å². The van der Waals surface area contributed by atoms with Gasteiger partial charge in [0.2, 0.25) is 5.78 Å². The molecule has 0 atom stereocenters. The van der Waals surface area contributed by atoms with E-state index in [2.05, 4.69) is 4.98 Å². The molecule has 0 aliphatic rings. The summed E-state index contributed by atoms with van der Waals surface area (Å²) < 4.78 is 4.73. The molecule has 0 aromatic carbocycles. The van der Waals surface area contributed by atoms with Gasteiger partial charge in [0.15, 0.2) is 0 Å². The summed E-state index contributed by atoms with van der Waals surface area (Å²) in [6, 6.07) is 0. The lowest BCUT2D eigenvalue weighted by atomic mass is 10.3. The van der Waals surface area contributed by atoms with Crippen molar-refractivity contribution in [2.24, 2.45) is 0 Å². The van der Waals surface area contributed by atoms with E-state index in [-0.39, 0.29) is 11.7 Å². The molecule has 3 heteroatoms. The van der Waals surface area contributed by atoms with Crippen LogP contribution in [0.2, 0.25) is 0 Å². The Hall–Kier alpha value is -1.12. The van der Waals surface area contributed by atoms with Crippen LogP contribution >= 0.6 is 0 Å². The molecule has 9 heavy (non-hydrogen) atoms. The van der Waals surface area contributed by atoms with Crippen molar-refractivity contribution < 1.29 is 9.21 Å². The minimum Gasteiger partial charge on any atom is -0.442 e. The number of ketones is 1. The molecule has 0 bridgehead atoms. The zero-order valence-electron chi connectivity index (χ0n) is 5.13. The van der Waals surface area contributed by atoms with Gasteiger partial charge in [-0.05, 0) is 0 Å². The zero-order valence-corrected chi connectivity index (χ0v) is 5.13. The Bertz CT molecular complexity index is 191. The predicted molar refractivity (Wildman–Crippen MR) is 31.1 cm³/mol. The number of hydrogen-bond donors (Lipinski definition) is 0. The Kier molecular flexibility index (Phi) is 1.63. The standard InChI is InChI=1S/C6H7NO2/c1-2-5(8)6-7-3-4-9-6/h3-4H,2H2,1H3. The summed E-state index contributed by atoms with van der Waals surface area (Å²) in [5, 5.41) is 0. The molecule has 48 valence electrons. The van der Waals surface area contributed by atoms with E-state index < -0.39 is 0 Å². The van der Waals surface area contributed by atoms with E-state index in [0.29, 0.717) is 6.42 Å². The summed E-state index contributed by atoms with van der Waals surface area (Å²) in [6.45, 7) is 1.77. The van der Waals surface area contributed by atoms with E-state index in [1.165, 1.54) is 12.5 Å². The molecule has 0 radical (unpaired) electrons. The van der Waals surface area contributed by atoms with Gasteiger partial charge in [0.1, 0.15) is 6.26 Å². The molecular formula is C6H7NO2. The third kappa shape index (κ3) is 1.16. The minimum atomic E-state index is -0.0556. The van der Waals surface area contributed by atoms with Crippen LogP contribution in [0.5, 0.6) is 0 Å². The van der Waals surface area contributed by atoms with Crippen molar-refractivity contribution in [3.05, 3.63) is 18.4 Å². The second kappa shape index (κ2) is 2.44. The number of oxazole rings is 1. The van der Waals surface area contributed by atoms with Crippen molar-refractivity contribution >= 4 is 5.78 Å². The average molecular weight is 125 g/mol. The summed E-state index contributed by atoms with van der Waals surface area (Å²) in [5.74, 6) is 0.150. The molecule has 0 saturated carbocycles. The lowest BCUT2D eigenvalue weighted by Crippen LogP contribution is -1.94. The van der Waals surface area contributed by atoms with Gasteiger partial charge in [0.25, 0.3) is 5.89 Å². The predicted octanol–water partition coefficient (Wildman–Crippen LogP) is 1.27. The Labute approximate surface area is 52.7 Å². The van der Waals surface area contributed by atoms with Gasteiger partial charge in [-0.15, -0.1) is 0 Å². The SMILES string of the molecule is CCC(=O)c1ncco1. The summed E-state index contributed by atoms with van der Waals surface area (Å²) in [7, 11) is 0. The third-order valence-electron chi connectivity index (χ3n) is 0.992. The van der Waals surface area contributed by atoms with Gasteiger partial charge in [0, 0.05) is 6.42 Å². The van der Waals surface area contributed by atoms with Crippen molar-refractivity contribution in [3.63, 3.8) is 0 Å². The molecule has 1 aromatic heterocycles. The molecule has 0 fully saturated rings. The minimum absolute atomic E-state index is 0.0556. The van der Waals surface area contributed by atoms with E-state index in [1.807, 2.05) is 0 Å². The molecule has 0 saturated heterocycles. The normalized spacial score (nSPS) is 9.44. The lowest BCUT2D eigenvalue weighted by Gasteiger charge is -1.84. The average Bonchev–Trinajstić information content (AvgIpc) is 2.37. The van der Waals surface area contributed by atoms with Gasteiger partial charge in [-0.1, -0.05) is 6.92 Å². The fraction of sp³-hybridized carbons (Fsp3) is 0.333. The second-order valence-electron chi connectivity index (χ2n) is 1.61. The van der Waals surface area contributed by atoms with Crippen LogP contribution in [0.3, 0.4) is 0 Å². The van der Waals surface area contributed by atoms with Crippen molar-refractivity contribution in [2.45, 2.75) is 13.3 Å². The first kappa shape index (κ1) is 6.01. The highest BCUT2D eigenvalue weighted by molar-refractivity contribution is 5.91. The number of aromatic nitrogens is 1. The Morgan fingerprint density at radius 3 is 3.11 bits per heavy atom. The highest BCUT2D eigenvalue weighted by atomic mass is 16.3. The van der Waals surface area contributed by atoms with E-state index in [1.54, 1.807) is 6.92 Å². The molecule has 1 heterocycles. The first-order valence-electron chi connectivity index (χ1n) is 2.77. The molecule has 0 amide bonds. The van der Waals surface area contributed by atoms with Gasteiger partial charge < -0.3 is 4.42 Å². The summed E-state index contributed by atoms with van der Waals surface area (Å²) in [4.78, 5) is 14.4. The molecule has 0 aliphatic carbocycles. The number of rotatable bonds is 2. The van der Waals surface area contributed by atoms with E-state index in [4.69, 9.17) is 4.42 Å². The molecule has 3 nitrogen and oxygen atoms in total. The maximum absolute atomic E-state index is 10.7. The molecule has 0 spiro atoms. The van der Waals surface area contributed by atoms with Crippen LogP contribution in [0.1, 0.15) is 24.0 Å². The smallest absolute Gasteiger partial charge is 0.263 e. The molecule has 0 N–H and O–H groups in total. The highest BCUT2D eigenvalue weighted by Gasteiger charge is 2.05. The number of carbonyl (C=O) groups excluding carboxylic acids is 1. The maximum Gasteiger partial charge on any atom is 0.263 e. The van der Waals surface area contributed by atoms with Crippen LogP contribution < -0.4 is 0 Å². The fourth-order valence-corrected chi connectivity index (χ4v) is 0.512. The molecule has 1 aromatic rings. The van der Waals surface area contributed by atoms with Gasteiger partial charge >= 0.3 is 0 Å². The van der Waals surface area contributed by atoms with E-state index in [9.17, 15) is 4.79 Å². The first-order valence-corrected chi connectivity index (χ1v) is 2.77. The van der Waals surface area contributed by atoms with Gasteiger partial charge in [0.05, 0.1) is 6.20 Å². The van der Waals surface area contributed by atoms with Gasteiger partial charge in [-0.2, -0.15) is 0 Å². The van der Waals surface area contributed by atoms with Crippen LogP contribution in [0.25, 0.3) is 0 Å². The van der Waals surface area contributed by atoms with Gasteiger partial charge in [-0.3, -0.25) is 4.79 Å². The maximum atomic E-state index is 10.7. The Morgan fingerprint density at radius 1 is 1.89 bits per heavy atom. The topological polar surface area (TPSA) is 43.1 Å². The lowest BCUT2D eigenvalue weighted by molar-refractivity contribution is 0.0955. The molecule has 0 aliphatic heterocycles. The largest absolute Gasteiger partial charge is 0.442 e. The van der Waals surface area contributed by atoms with Crippen molar-refractivity contribution in [2.75, 3.05) is 0 Å². The van der Waals surface area contributed by atoms with Crippen LogP contribution in [0, 0.1) is 0 Å². The Balaban J connectivity index is 2.77. The summed E-state index contributed by atoms with van der Waals surface area (Å²) >= 11 is 0. The first-order chi connectivity index (χ1) is 4.34. The summed E-state index contributed by atoms with van der Waals surface area (Å²) in [5.41, 5.74) is 0. The van der Waals surface area contributed by atoms with Crippen molar-refractivity contribution in [1.82, 2.24) is 4.98 Å². The fourth-order valence-electron chi connectivity index (χ4n) is 0.512. The summed E-state index contributed by atoms with van der Waals surface area (Å²) in [6.07, 6.45) is 3.30. The number of Topliss-reactive ketones (excluding diaryl/α,β-unsaturated/α-hetero) is 1. The van der Waals surface area contributed by atoms with Crippen LogP contribution in [-0.4, -0.2) is 10.8 Å². The monoisotopic (exact) mass is 125 g/mol. The third-order valence-corrected chi connectivity index (χ3v) is 0.992. The van der Waals surface area contributed by atoms with Crippen molar-refractivity contribution in [1.29, 1.82) is 0 Å². The van der Waals surface area contributed by atoms with Crippen LogP contribution in [-0.2, 0) is 0 Å². The number of nitrogens with zero attached hydrogens (tertiary/aromatic N) is 1. The van der Waals surface area contributed by atoms with Crippen LogP contribution in [0.15, 0.2) is 16.9 Å². The van der Waals surface area contributed by atoms with Crippen LogP contribution in [0.4, 0.5) is 0 Å². The zero-order chi connectivity index (χ0) is 6.69. The van der Waals surface area contributed by atoms with E-state index >= 15 is 0 Å². The number of carbonyl (C=O) groups is 1. The molecule has 0 unspecified atom stereocenters. The molecule has 1 rings (SSSR count). The quantitative estimate of drug-likeness (QED) is 0.559. The van der Waals surface area contributed by atoms with Crippen molar-refractivity contribution in [3.8, 4) is 0 Å². The molecular weight excluding hydrogens is 118 g/mol. The number of hydrogen-bond acceptors (Lipinski definition) is 3. The van der Waals surface area contributed by atoms with E-state index in [0.717, 1.165) is 0 Å².